The van der Waals surface area contributed by atoms with Gasteiger partial charge < -0.3 is 9.88 Å². The van der Waals surface area contributed by atoms with Gasteiger partial charge in [-0.15, -0.1) is 0 Å². The van der Waals surface area contributed by atoms with Crippen LogP contribution >= 0.6 is 0 Å². The summed E-state index contributed by atoms with van der Waals surface area (Å²) in [4.78, 5) is 11.6. The van der Waals surface area contributed by atoms with E-state index in [0.717, 1.165) is 24.4 Å². The summed E-state index contributed by atoms with van der Waals surface area (Å²) < 4.78 is 38.3. The van der Waals surface area contributed by atoms with Crippen molar-refractivity contribution in [3.05, 3.63) is 28.6 Å². The van der Waals surface area contributed by atoms with Crippen LogP contribution in [0, 0.1) is 25.2 Å². The molecule has 0 bridgehead atoms. The Hall–Kier alpha value is -2.23. The zero-order valence-electron chi connectivity index (χ0n) is 12.7. The molecule has 1 amide bonds. The van der Waals surface area contributed by atoms with Gasteiger partial charge in [0.05, 0.1) is 0 Å². The molecule has 0 radical (unpaired) electrons. The predicted molar refractivity (Wildman–Crippen MR) is 76.9 cm³/mol. The van der Waals surface area contributed by atoms with Crippen LogP contribution in [-0.4, -0.2) is 23.2 Å². The molecule has 120 valence electrons. The molecule has 0 spiro atoms. The average molecular weight is 313 g/mol. The lowest BCUT2D eigenvalue weighted by atomic mass is 10.1. The second kappa shape index (κ2) is 7.16. The highest BCUT2D eigenvalue weighted by molar-refractivity contribution is 6.01. The van der Waals surface area contributed by atoms with Crippen LogP contribution in [0.2, 0.25) is 0 Å². The molecule has 1 heterocycles. The minimum Gasteiger partial charge on any atom is -0.349 e. The SMILES string of the molecule is CCCn1c(C)cc(C=C(C#N)C(=O)NCC(F)(F)F)c1C. The van der Waals surface area contributed by atoms with Gasteiger partial charge in [-0.25, -0.2) is 0 Å². The van der Waals surface area contributed by atoms with Crippen LogP contribution in [0.25, 0.3) is 6.08 Å². The van der Waals surface area contributed by atoms with Crippen LogP contribution < -0.4 is 5.32 Å². The van der Waals surface area contributed by atoms with E-state index in [1.54, 1.807) is 17.5 Å². The second-order valence-corrected chi connectivity index (χ2v) is 4.95. The third-order valence-electron chi connectivity index (χ3n) is 3.17. The predicted octanol–water partition coefficient (Wildman–Crippen LogP) is 3.10. The standard InChI is InChI=1S/C15H18F3N3O/c1-4-5-21-10(2)6-12(11(21)3)7-13(8-19)14(22)20-9-15(16,17)18/h6-7H,4-5,9H2,1-3H3,(H,20,22). The Morgan fingerprint density at radius 1 is 1.45 bits per heavy atom. The number of hydrogen-bond acceptors (Lipinski definition) is 2. The Morgan fingerprint density at radius 2 is 2.09 bits per heavy atom. The van der Waals surface area contributed by atoms with Crippen molar-refractivity contribution in [3.63, 3.8) is 0 Å². The fourth-order valence-electron chi connectivity index (χ4n) is 2.12. The molecule has 1 aromatic rings. The van der Waals surface area contributed by atoms with Gasteiger partial charge in [0.1, 0.15) is 18.2 Å². The topological polar surface area (TPSA) is 57.8 Å². The summed E-state index contributed by atoms with van der Waals surface area (Å²) >= 11 is 0. The van der Waals surface area contributed by atoms with Crippen LogP contribution in [0.3, 0.4) is 0 Å². The normalized spacial score (nSPS) is 12.1. The molecule has 7 heteroatoms. The van der Waals surface area contributed by atoms with Gasteiger partial charge in [-0.2, -0.15) is 18.4 Å². The van der Waals surface area contributed by atoms with Crippen LogP contribution in [0.1, 0.15) is 30.3 Å². The van der Waals surface area contributed by atoms with Crippen molar-refractivity contribution < 1.29 is 18.0 Å². The third kappa shape index (κ3) is 4.65. The van der Waals surface area contributed by atoms with E-state index >= 15 is 0 Å². The highest BCUT2D eigenvalue weighted by Gasteiger charge is 2.28. The number of alkyl halides is 3. The van der Waals surface area contributed by atoms with Crippen molar-refractivity contribution in [1.29, 1.82) is 5.26 Å². The first-order chi connectivity index (χ1) is 10.2. The highest BCUT2D eigenvalue weighted by Crippen LogP contribution is 2.19. The first kappa shape index (κ1) is 17.8. The first-order valence-corrected chi connectivity index (χ1v) is 6.83. The number of nitrogens with zero attached hydrogens (tertiary/aromatic N) is 2. The zero-order chi connectivity index (χ0) is 16.9. The molecule has 0 aliphatic heterocycles. The van der Waals surface area contributed by atoms with Crippen molar-refractivity contribution in [2.45, 2.75) is 39.9 Å². The lowest BCUT2D eigenvalue weighted by molar-refractivity contribution is -0.136. The van der Waals surface area contributed by atoms with Crippen molar-refractivity contribution in [3.8, 4) is 6.07 Å². The number of carbonyl (C=O) groups is 1. The highest BCUT2D eigenvalue weighted by atomic mass is 19.4. The number of nitrogens with one attached hydrogen (secondary N) is 1. The average Bonchev–Trinajstić information content (AvgIpc) is 2.69. The van der Waals surface area contributed by atoms with Gasteiger partial charge in [0, 0.05) is 17.9 Å². The molecule has 0 saturated carbocycles. The van der Waals surface area contributed by atoms with E-state index in [-0.39, 0.29) is 5.57 Å². The van der Waals surface area contributed by atoms with Crippen molar-refractivity contribution in [2.24, 2.45) is 0 Å². The van der Waals surface area contributed by atoms with Gasteiger partial charge >= 0.3 is 6.18 Å². The molecular weight excluding hydrogens is 295 g/mol. The maximum Gasteiger partial charge on any atom is 0.405 e. The van der Waals surface area contributed by atoms with E-state index in [1.165, 1.54) is 6.08 Å². The number of aromatic nitrogens is 1. The summed E-state index contributed by atoms with van der Waals surface area (Å²) in [6.07, 6.45) is -2.26. The largest absolute Gasteiger partial charge is 0.405 e. The van der Waals surface area contributed by atoms with Crippen molar-refractivity contribution in [2.75, 3.05) is 6.54 Å². The Kier molecular flexibility index (Phi) is 5.80. The summed E-state index contributed by atoms with van der Waals surface area (Å²) in [5.41, 5.74) is 2.15. The summed E-state index contributed by atoms with van der Waals surface area (Å²) in [6.45, 7) is 5.11. The lowest BCUT2D eigenvalue weighted by Gasteiger charge is -2.08. The molecule has 4 nitrogen and oxygen atoms in total. The quantitative estimate of drug-likeness (QED) is 0.671. The van der Waals surface area contributed by atoms with Crippen LogP contribution in [-0.2, 0) is 11.3 Å². The minimum absolute atomic E-state index is 0.346. The van der Waals surface area contributed by atoms with Crippen molar-refractivity contribution >= 4 is 12.0 Å². The number of hydrogen-bond donors (Lipinski definition) is 1. The Balaban J connectivity index is 3.01. The Bertz CT molecular complexity index is 621. The molecule has 0 saturated heterocycles. The monoisotopic (exact) mass is 313 g/mol. The number of nitriles is 1. The van der Waals surface area contributed by atoms with Gasteiger partial charge in [-0.05, 0) is 38.0 Å². The number of carbonyl (C=O) groups excluding carboxylic acids is 1. The van der Waals surface area contributed by atoms with E-state index in [0.29, 0.717) is 5.56 Å². The third-order valence-corrected chi connectivity index (χ3v) is 3.17. The first-order valence-electron chi connectivity index (χ1n) is 6.83. The van der Waals surface area contributed by atoms with Crippen LogP contribution in [0.5, 0.6) is 0 Å². The Morgan fingerprint density at radius 3 is 2.59 bits per heavy atom. The summed E-state index contributed by atoms with van der Waals surface area (Å²) in [7, 11) is 0. The number of halogens is 3. The minimum atomic E-state index is -4.51. The smallest absolute Gasteiger partial charge is 0.349 e. The van der Waals surface area contributed by atoms with Gasteiger partial charge in [0.15, 0.2) is 0 Å². The molecule has 1 aromatic heterocycles. The zero-order valence-corrected chi connectivity index (χ0v) is 12.7. The fourth-order valence-corrected chi connectivity index (χ4v) is 2.12. The second-order valence-electron chi connectivity index (χ2n) is 4.95. The van der Waals surface area contributed by atoms with E-state index in [4.69, 9.17) is 5.26 Å². The van der Waals surface area contributed by atoms with E-state index in [9.17, 15) is 18.0 Å². The molecule has 0 aliphatic carbocycles. The van der Waals surface area contributed by atoms with E-state index < -0.39 is 18.6 Å². The number of aryl methyl sites for hydroxylation is 1. The van der Waals surface area contributed by atoms with Gasteiger partial charge in [0.2, 0.25) is 0 Å². The van der Waals surface area contributed by atoms with Crippen molar-refractivity contribution in [1.82, 2.24) is 9.88 Å². The maximum atomic E-state index is 12.1. The molecule has 0 aromatic carbocycles. The number of amides is 1. The van der Waals surface area contributed by atoms with Gasteiger partial charge in [0.25, 0.3) is 5.91 Å². The molecule has 0 atom stereocenters. The van der Waals surface area contributed by atoms with Crippen LogP contribution in [0.15, 0.2) is 11.6 Å². The molecule has 22 heavy (non-hydrogen) atoms. The van der Waals surface area contributed by atoms with Gasteiger partial charge in [-0.1, -0.05) is 6.92 Å². The molecular formula is C15H18F3N3O. The van der Waals surface area contributed by atoms with E-state index in [1.807, 2.05) is 25.3 Å². The van der Waals surface area contributed by atoms with E-state index in [2.05, 4.69) is 0 Å². The molecule has 1 N–H and O–H groups in total. The summed E-state index contributed by atoms with van der Waals surface area (Å²) in [5, 5.41) is 10.7. The fraction of sp³-hybridized carbons (Fsp3) is 0.467. The Labute approximate surface area is 127 Å². The molecule has 0 unspecified atom stereocenters. The summed E-state index contributed by atoms with van der Waals surface area (Å²) in [6, 6.07) is 3.45. The molecule has 0 fully saturated rings. The maximum absolute atomic E-state index is 12.1. The lowest BCUT2D eigenvalue weighted by Crippen LogP contribution is -2.34. The number of rotatable bonds is 5. The molecule has 1 rings (SSSR count). The van der Waals surface area contributed by atoms with Crippen LogP contribution in [0.4, 0.5) is 13.2 Å². The summed E-state index contributed by atoms with van der Waals surface area (Å²) in [5.74, 6) is -1.03. The molecule has 0 aliphatic rings. The van der Waals surface area contributed by atoms with Gasteiger partial charge in [-0.3, -0.25) is 4.79 Å².